The van der Waals surface area contributed by atoms with Crippen LogP contribution in [0.4, 0.5) is 0 Å². The first-order chi connectivity index (χ1) is 8.59. The van der Waals surface area contributed by atoms with Crippen LogP contribution >= 0.6 is 0 Å². The first kappa shape index (κ1) is 13.6. The second-order valence-electron chi connectivity index (χ2n) is 4.99. The van der Waals surface area contributed by atoms with E-state index in [9.17, 15) is 8.42 Å². The fourth-order valence-electron chi connectivity index (χ4n) is 2.46. The number of sulfone groups is 1. The normalized spacial score (nSPS) is 17.8. The summed E-state index contributed by atoms with van der Waals surface area (Å²) in [5.74, 6) is 0.280. The molecular weight excluding hydrogens is 246 g/mol. The highest BCUT2D eigenvalue weighted by molar-refractivity contribution is 7.92. The molecule has 1 aliphatic heterocycles. The van der Waals surface area contributed by atoms with Crippen LogP contribution in [0.1, 0.15) is 24.0 Å². The molecule has 1 saturated heterocycles. The first-order valence-electron chi connectivity index (χ1n) is 6.56. The minimum Gasteiger partial charge on any atom is -0.317 e. The van der Waals surface area contributed by atoms with Crippen LogP contribution in [0.15, 0.2) is 24.3 Å². The van der Waals surface area contributed by atoms with Crippen molar-refractivity contribution in [2.24, 2.45) is 0 Å². The van der Waals surface area contributed by atoms with Crippen LogP contribution in [0.5, 0.6) is 0 Å². The summed E-state index contributed by atoms with van der Waals surface area (Å²) >= 11 is 0. The molecule has 1 aliphatic rings. The van der Waals surface area contributed by atoms with Crippen LogP contribution in [-0.4, -0.2) is 32.5 Å². The predicted molar refractivity (Wildman–Crippen MR) is 74.6 cm³/mol. The van der Waals surface area contributed by atoms with Crippen molar-refractivity contribution in [2.45, 2.75) is 31.4 Å². The quantitative estimate of drug-likeness (QED) is 0.903. The van der Waals surface area contributed by atoms with Crippen molar-refractivity contribution in [1.82, 2.24) is 5.32 Å². The van der Waals surface area contributed by atoms with Gasteiger partial charge in [0.25, 0.3) is 0 Å². The van der Waals surface area contributed by atoms with E-state index in [1.54, 1.807) is 0 Å². The molecule has 0 unspecified atom stereocenters. The first-order valence-corrected chi connectivity index (χ1v) is 8.28. The third kappa shape index (κ3) is 3.33. The van der Waals surface area contributed by atoms with Gasteiger partial charge in [-0.2, -0.15) is 0 Å². The zero-order valence-corrected chi connectivity index (χ0v) is 11.7. The summed E-state index contributed by atoms with van der Waals surface area (Å²) in [6.07, 6.45) is 2.16. The van der Waals surface area contributed by atoms with Crippen molar-refractivity contribution in [2.75, 3.05) is 18.8 Å². The molecule has 100 valence electrons. The van der Waals surface area contributed by atoms with Gasteiger partial charge in [-0.25, -0.2) is 8.42 Å². The zero-order valence-electron chi connectivity index (χ0n) is 10.9. The number of nitrogens with one attached hydrogen (secondary N) is 1. The highest BCUT2D eigenvalue weighted by atomic mass is 32.2. The molecule has 1 fully saturated rings. The van der Waals surface area contributed by atoms with Crippen LogP contribution in [0.25, 0.3) is 0 Å². The smallest absolute Gasteiger partial charge is 0.153 e. The van der Waals surface area contributed by atoms with E-state index in [0.717, 1.165) is 31.5 Å². The van der Waals surface area contributed by atoms with E-state index in [2.05, 4.69) is 5.32 Å². The van der Waals surface area contributed by atoms with E-state index in [1.165, 1.54) is 5.56 Å². The van der Waals surface area contributed by atoms with Gasteiger partial charge >= 0.3 is 0 Å². The molecule has 18 heavy (non-hydrogen) atoms. The Morgan fingerprint density at radius 2 is 1.89 bits per heavy atom. The molecule has 2 rings (SSSR count). The maximum absolute atomic E-state index is 12.2. The highest BCUT2D eigenvalue weighted by Crippen LogP contribution is 2.16. The van der Waals surface area contributed by atoms with Crippen LogP contribution in [0.2, 0.25) is 0 Å². The molecule has 1 aromatic rings. The SMILES string of the molecule is Cc1ccccc1CCS(=O)(=O)C1CCNCC1. The Morgan fingerprint density at radius 3 is 2.56 bits per heavy atom. The molecule has 0 atom stereocenters. The molecule has 0 aliphatic carbocycles. The third-order valence-corrected chi connectivity index (χ3v) is 5.97. The summed E-state index contributed by atoms with van der Waals surface area (Å²) in [5.41, 5.74) is 2.33. The predicted octanol–water partition coefficient (Wildman–Crippen LogP) is 1.70. The Hall–Kier alpha value is -0.870. The van der Waals surface area contributed by atoms with Gasteiger partial charge in [-0.05, 0) is 50.4 Å². The minimum absolute atomic E-state index is 0.136. The van der Waals surface area contributed by atoms with Crippen molar-refractivity contribution in [3.63, 3.8) is 0 Å². The van der Waals surface area contributed by atoms with Crippen molar-refractivity contribution < 1.29 is 8.42 Å². The number of rotatable bonds is 4. The maximum atomic E-state index is 12.2. The van der Waals surface area contributed by atoms with Crippen molar-refractivity contribution in [3.05, 3.63) is 35.4 Å². The van der Waals surface area contributed by atoms with Gasteiger partial charge in [-0.1, -0.05) is 24.3 Å². The number of hydrogen-bond donors (Lipinski definition) is 1. The number of piperidine rings is 1. The average Bonchev–Trinajstić information content (AvgIpc) is 2.39. The lowest BCUT2D eigenvalue weighted by atomic mass is 10.1. The van der Waals surface area contributed by atoms with Crippen molar-refractivity contribution >= 4 is 9.84 Å². The molecule has 1 aromatic carbocycles. The van der Waals surface area contributed by atoms with E-state index < -0.39 is 9.84 Å². The molecule has 1 heterocycles. The Labute approximate surface area is 110 Å². The molecule has 0 spiro atoms. The maximum Gasteiger partial charge on any atom is 0.153 e. The standard InChI is InChI=1S/C14H21NO2S/c1-12-4-2-3-5-13(12)8-11-18(16,17)14-6-9-15-10-7-14/h2-5,14-15H,6-11H2,1H3. The third-order valence-electron chi connectivity index (χ3n) is 3.71. The lowest BCUT2D eigenvalue weighted by Gasteiger charge is -2.22. The van der Waals surface area contributed by atoms with Gasteiger partial charge in [-0.15, -0.1) is 0 Å². The molecule has 4 heteroatoms. The fraction of sp³-hybridized carbons (Fsp3) is 0.571. The Kier molecular flexibility index (Phi) is 4.40. The van der Waals surface area contributed by atoms with Gasteiger partial charge in [0.15, 0.2) is 9.84 Å². The van der Waals surface area contributed by atoms with E-state index >= 15 is 0 Å². The topological polar surface area (TPSA) is 46.2 Å². The van der Waals surface area contributed by atoms with Crippen LogP contribution in [0, 0.1) is 6.92 Å². The van der Waals surface area contributed by atoms with Gasteiger partial charge in [0.2, 0.25) is 0 Å². The lowest BCUT2D eigenvalue weighted by Crippen LogP contribution is -2.37. The molecule has 0 saturated carbocycles. The van der Waals surface area contributed by atoms with Crippen molar-refractivity contribution in [3.8, 4) is 0 Å². The molecular formula is C14H21NO2S. The fourth-order valence-corrected chi connectivity index (χ4v) is 4.26. The molecule has 0 radical (unpaired) electrons. The average molecular weight is 267 g/mol. The summed E-state index contributed by atoms with van der Waals surface area (Å²) < 4.78 is 24.5. The Balaban J connectivity index is 1.98. The van der Waals surface area contributed by atoms with Crippen LogP contribution in [-0.2, 0) is 16.3 Å². The van der Waals surface area contributed by atoms with Crippen LogP contribution < -0.4 is 5.32 Å². The molecule has 0 bridgehead atoms. The van der Waals surface area contributed by atoms with Gasteiger partial charge in [0, 0.05) is 0 Å². The van der Waals surface area contributed by atoms with Gasteiger partial charge < -0.3 is 5.32 Å². The largest absolute Gasteiger partial charge is 0.317 e. The van der Waals surface area contributed by atoms with Gasteiger partial charge in [0.1, 0.15) is 0 Å². The number of benzene rings is 1. The number of hydrogen-bond acceptors (Lipinski definition) is 3. The van der Waals surface area contributed by atoms with E-state index in [4.69, 9.17) is 0 Å². The summed E-state index contributed by atoms with van der Waals surface area (Å²) in [5, 5.41) is 3.07. The van der Waals surface area contributed by atoms with Crippen molar-refractivity contribution in [1.29, 1.82) is 0 Å². The molecule has 3 nitrogen and oxygen atoms in total. The highest BCUT2D eigenvalue weighted by Gasteiger charge is 2.26. The monoisotopic (exact) mass is 267 g/mol. The second-order valence-corrected chi connectivity index (χ2v) is 7.39. The van der Waals surface area contributed by atoms with Crippen LogP contribution in [0.3, 0.4) is 0 Å². The minimum atomic E-state index is -2.94. The Morgan fingerprint density at radius 1 is 1.22 bits per heavy atom. The summed E-state index contributed by atoms with van der Waals surface area (Å²) in [6, 6.07) is 8.01. The molecule has 0 amide bonds. The molecule has 0 aromatic heterocycles. The summed E-state index contributed by atoms with van der Waals surface area (Å²) in [4.78, 5) is 0. The van der Waals surface area contributed by atoms with E-state index in [1.807, 2.05) is 31.2 Å². The Bertz CT molecular complexity index is 490. The van der Waals surface area contributed by atoms with E-state index in [-0.39, 0.29) is 11.0 Å². The number of aryl methyl sites for hydroxylation is 2. The lowest BCUT2D eigenvalue weighted by molar-refractivity contribution is 0.496. The van der Waals surface area contributed by atoms with E-state index in [0.29, 0.717) is 6.42 Å². The zero-order chi connectivity index (χ0) is 13.0. The summed E-state index contributed by atoms with van der Waals surface area (Å²) in [6.45, 7) is 3.69. The van der Waals surface area contributed by atoms with Gasteiger partial charge in [-0.3, -0.25) is 0 Å². The van der Waals surface area contributed by atoms with Gasteiger partial charge in [0.05, 0.1) is 11.0 Å². The molecule has 1 N–H and O–H groups in total. The second kappa shape index (κ2) is 5.85. The summed E-state index contributed by atoms with van der Waals surface area (Å²) in [7, 11) is -2.94.